The molecular formula is C11H9FN2O. The summed E-state index contributed by atoms with van der Waals surface area (Å²) in [5.41, 5.74) is 1.64. The number of rotatable bonds is 1. The first-order chi connectivity index (χ1) is 7.13. The Labute approximate surface area is 86.7 Å². The first-order valence-corrected chi connectivity index (χ1v) is 4.58. The highest BCUT2D eigenvalue weighted by molar-refractivity contribution is 6.01. The Morgan fingerprint density at radius 1 is 1.60 bits per heavy atom. The van der Waals surface area contributed by atoms with Gasteiger partial charge in [-0.25, -0.2) is 4.39 Å². The molecule has 1 aromatic rings. The number of nitriles is 1. The maximum Gasteiger partial charge on any atom is 0.231 e. The van der Waals surface area contributed by atoms with Crippen LogP contribution in [0.15, 0.2) is 12.1 Å². The number of hydrogen-bond donors (Lipinski definition) is 0. The van der Waals surface area contributed by atoms with E-state index in [1.165, 1.54) is 11.0 Å². The van der Waals surface area contributed by atoms with E-state index in [2.05, 4.69) is 0 Å². The molecule has 0 aliphatic carbocycles. The summed E-state index contributed by atoms with van der Waals surface area (Å²) in [5, 5.41) is 8.51. The molecule has 0 fully saturated rings. The fourth-order valence-corrected chi connectivity index (χ4v) is 1.83. The van der Waals surface area contributed by atoms with E-state index in [0.29, 0.717) is 16.8 Å². The van der Waals surface area contributed by atoms with Crippen LogP contribution in [-0.2, 0) is 17.6 Å². The number of fused-ring (bicyclic) bond motifs is 1. The van der Waals surface area contributed by atoms with E-state index in [0.717, 1.165) is 0 Å². The SMILES string of the molecule is CN1C(=O)Cc2cc(CC#N)cc(F)c21. The molecule has 1 aliphatic heterocycles. The highest BCUT2D eigenvalue weighted by Gasteiger charge is 2.27. The Balaban J connectivity index is 2.52. The normalized spacial score (nSPS) is 13.9. The maximum atomic E-state index is 13.6. The van der Waals surface area contributed by atoms with Crippen LogP contribution < -0.4 is 4.90 Å². The topological polar surface area (TPSA) is 44.1 Å². The highest BCUT2D eigenvalue weighted by Crippen LogP contribution is 2.31. The van der Waals surface area contributed by atoms with E-state index < -0.39 is 5.82 Å². The largest absolute Gasteiger partial charge is 0.312 e. The second kappa shape index (κ2) is 3.35. The van der Waals surface area contributed by atoms with Gasteiger partial charge in [-0.2, -0.15) is 5.26 Å². The zero-order chi connectivity index (χ0) is 11.0. The van der Waals surface area contributed by atoms with Crippen LogP contribution in [0.4, 0.5) is 10.1 Å². The second-order valence-electron chi connectivity index (χ2n) is 3.55. The number of benzene rings is 1. The first kappa shape index (κ1) is 9.66. The van der Waals surface area contributed by atoms with Gasteiger partial charge in [0.2, 0.25) is 5.91 Å². The minimum absolute atomic E-state index is 0.113. The molecule has 0 aromatic heterocycles. The number of likely N-dealkylation sites (N-methyl/N-ethyl adjacent to an activating group) is 1. The molecule has 15 heavy (non-hydrogen) atoms. The Hall–Kier alpha value is -1.89. The molecule has 3 nitrogen and oxygen atoms in total. The number of halogens is 1. The van der Waals surface area contributed by atoms with Crippen molar-refractivity contribution in [3.8, 4) is 6.07 Å². The molecule has 0 spiro atoms. The predicted octanol–water partition coefficient (Wildman–Crippen LogP) is 1.41. The van der Waals surface area contributed by atoms with Crippen LogP contribution in [0.3, 0.4) is 0 Å². The molecule has 76 valence electrons. The average molecular weight is 204 g/mol. The third-order valence-electron chi connectivity index (χ3n) is 2.54. The van der Waals surface area contributed by atoms with E-state index >= 15 is 0 Å². The van der Waals surface area contributed by atoms with Crippen molar-refractivity contribution >= 4 is 11.6 Å². The lowest BCUT2D eigenvalue weighted by molar-refractivity contribution is -0.117. The Kier molecular flexibility index (Phi) is 2.16. The van der Waals surface area contributed by atoms with Crippen molar-refractivity contribution in [2.24, 2.45) is 0 Å². The van der Waals surface area contributed by atoms with Crippen LogP contribution >= 0.6 is 0 Å². The van der Waals surface area contributed by atoms with Crippen LogP contribution in [0, 0.1) is 17.1 Å². The van der Waals surface area contributed by atoms with Gasteiger partial charge in [-0.1, -0.05) is 6.07 Å². The summed E-state index contributed by atoms with van der Waals surface area (Å²) in [5.74, 6) is -0.538. The number of nitrogens with zero attached hydrogens (tertiary/aromatic N) is 2. The lowest BCUT2D eigenvalue weighted by atomic mass is 10.1. The summed E-state index contributed by atoms with van der Waals surface area (Å²) in [4.78, 5) is 12.7. The van der Waals surface area contributed by atoms with Gasteiger partial charge in [0.05, 0.1) is 24.6 Å². The average Bonchev–Trinajstić information content (AvgIpc) is 2.43. The fourth-order valence-electron chi connectivity index (χ4n) is 1.83. The molecule has 1 aliphatic rings. The van der Waals surface area contributed by atoms with Crippen molar-refractivity contribution in [2.45, 2.75) is 12.8 Å². The van der Waals surface area contributed by atoms with E-state index in [1.807, 2.05) is 6.07 Å². The van der Waals surface area contributed by atoms with Gasteiger partial charge in [0.25, 0.3) is 0 Å². The van der Waals surface area contributed by atoms with Crippen LogP contribution in [0.25, 0.3) is 0 Å². The van der Waals surface area contributed by atoms with Crippen LogP contribution in [0.2, 0.25) is 0 Å². The Bertz CT molecular complexity index is 476. The molecule has 0 saturated carbocycles. The van der Waals surface area contributed by atoms with E-state index in [-0.39, 0.29) is 18.7 Å². The number of anilines is 1. The third kappa shape index (κ3) is 1.46. The van der Waals surface area contributed by atoms with Gasteiger partial charge in [-0.05, 0) is 17.2 Å². The standard InChI is InChI=1S/C11H9FN2O/c1-14-10(15)6-8-4-7(2-3-13)5-9(12)11(8)14/h4-5H,2,6H2,1H3. The first-order valence-electron chi connectivity index (χ1n) is 4.58. The second-order valence-corrected chi connectivity index (χ2v) is 3.55. The lowest BCUT2D eigenvalue weighted by Crippen LogP contribution is -2.21. The molecule has 0 N–H and O–H groups in total. The Morgan fingerprint density at radius 3 is 3.00 bits per heavy atom. The van der Waals surface area contributed by atoms with Crippen molar-refractivity contribution in [2.75, 3.05) is 11.9 Å². The van der Waals surface area contributed by atoms with Crippen molar-refractivity contribution < 1.29 is 9.18 Å². The summed E-state index contributed by atoms with van der Waals surface area (Å²) >= 11 is 0. The smallest absolute Gasteiger partial charge is 0.231 e. The summed E-state index contributed by atoms with van der Waals surface area (Å²) in [6, 6.07) is 5.00. The molecule has 2 rings (SSSR count). The number of hydrogen-bond acceptors (Lipinski definition) is 2. The molecular weight excluding hydrogens is 195 g/mol. The highest BCUT2D eigenvalue weighted by atomic mass is 19.1. The lowest BCUT2D eigenvalue weighted by Gasteiger charge is -2.11. The van der Waals surface area contributed by atoms with Gasteiger partial charge in [-0.3, -0.25) is 4.79 Å². The molecule has 1 heterocycles. The van der Waals surface area contributed by atoms with Gasteiger partial charge in [0, 0.05) is 7.05 Å². The summed E-state index contributed by atoms with van der Waals surface area (Å²) in [7, 11) is 1.56. The van der Waals surface area contributed by atoms with Crippen LogP contribution in [0.1, 0.15) is 11.1 Å². The van der Waals surface area contributed by atoms with Gasteiger partial charge in [0.1, 0.15) is 5.82 Å². The van der Waals surface area contributed by atoms with E-state index in [9.17, 15) is 9.18 Å². The quantitative estimate of drug-likeness (QED) is 0.694. The van der Waals surface area contributed by atoms with Crippen LogP contribution in [0.5, 0.6) is 0 Å². The van der Waals surface area contributed by atoms with Crippen molar-refractivity contribution in [3.05, 3.63) is 29.1 Å². The van der Waals surface area contributed by atoms with Crippen molar-refractivity contribution in [3.63, 3.8) is 0 Å². The van der Waals surface area contributed by atoms with Gasteiger partial charge in [-0.15, -0.1) is 0 Å². The minimum Gasteiger partial charge on any atom is -0.312 e. The number of amides is 1. The molecule has 0 atom stereocenters. The summed E-state index contributed by atoms with van der Waals surface area (Å²) < 4.78 is 13.6. The van der Waals surface area contributed by atoms with Crippen LogP contribution in [-0.4, -0.2) is 13.0 Å². The molecule has 1 amide bonds. The predicted molar refractivity (Wildman–Crippen MR) is 52.8 cm³/mol. The molecule has 0 radical (unpaired) electrons. The number of carbonyl (C=O) groups excluding carboxylic acids is 1. The molecule has 0 unspecified atom stereocenters. The fraction of sp³-hybridized carbons (Fsp3) is 0.273. The van der Waals surface area contributed by atoms with Gasteiger partial charge < -0.3 is 4.90 Å². The number of carbonyl (C=O) groups is 1. The summed E-state index contributed by atoms with van der Waals surface area (Å²) in [6.45, 7) is 0. The van der Waals surface area contributed by atoms with E-state index in [1.54, 1.807) is 13.1 Å². The maximum absolute atomic E-state index is 13.6. The molecule has 4 heteroatoms. The summed E-state index contributed by atoms with van der Waals surface area (Å²) in [6.07, 6.45) is 0.393. The monoisotopic (exact) mass is 204 g/mol. The van der Waals surface area contributed by atoms with Gasteiger partial charge >= 0.3 is 0 Å². The molecule has 0 bridgehead atoms. The van der Waals surface area contributed by atoms with Crippen molar-refractivity contribution in [1.82, 2.24) is 0 Å². The minimum atomic E-state index is -0.425. The Morgan fingerprint density at radius 2 is 2.33 bits per heavy atom. The third-order valence-corrected chi connectivity index (χ3v) is 2.54. The zero-order valence-corrected chi connectivity index (χ0v) is 8.25. The van der Waals surface area contributed by atoms with Gasteiger partial charge in [0.15, 0.2) is 0 Å². The molecule has 1 aromatic carbocycles. The van der Waals surface area contributed by atoms with Crippen molar-refractivity contribution in [1.29, 1.82) is 5.26 Å². The van der Waals surface area contributed by atoms with E-state index in [4.69, 9.17) is 5.26 Å². The molecule has 0 saturated heterocycles. The zero-order valence-electron chi connectivity index (χ0n) is 8.25.